The van der Waals surface area contributed by atoms with Crippen molar-refractivity contribution in [1.82, 2.24) is 0 Å². The Morgan fingerprint density at radius 2 is 1.93 bits per heavy atom. The third kappa shape index (κ3) is 2.51. The standard InChI is InChI=1S/C10H14N2OS/c11-6-8(9(13)10(12)14)7-4-2-1-3-5-7/h1-5,8-9,13H,6,11H2,(H2,12,14). The average molecular weight is 210 g/mol. The zero-order valence-corrected chi connectivity index (χ0v) is 8.58. The SMILES string of the molecule is NCC(c1ccccc1)C(O)C(N)=S. The molecule has 0 spiro atoms. The van der Waals surface area contributed by atoms with Crippen LogP contribution in [0.1, 0.15) is 11.5 Å². The number of benzene rings is 1. The Bertz CT molecular complexity index is 302. The normalized spacial score (nSPS) is 14.7. The van der Waals surface area contributed by atoms with E-state index in [0.29, 0.717) is 6.54 Å². The molecule has 0 fully saturated rings. The lowest BCUT2D eigenvalue weighted by Crippen LogP contribution is -2.36. The number of hydrogen-bond acceptors (Lipinski definition) is 3. The van der Waals surface area contributed by atoms with Crippen LogP contribution in [0.4, 0.5) is 0 Å². The van der Waals surface area contributed by atoms with E-state index in [1.54, 1.807) is 0 Å². The summed E-state index contributed by atoms with van der Waals surface area (Å²) in [6.45, 7) is 0.322. The molecule has 0 heterocycles. The lowest BCUT2D eigenvalue weighted by Gasteiger charge is -2.20. The fourth-order valence-corrected chi connectivity index (χ4v) is 1.51. The maximum Gasteiger partial charge on any atom is 0.112 e. The highest BCUT2D eigenvalue weighted by Gasteiger charge is 2.21. The summed E-state index contributed by atoms with van der Waals surface area (Å²) in [5, 5.41) is 9.69. The number of aliphatic hydroxyl groups excluding tert-OH is 1. The topological polar surface area (TPSA) is 72.3 Å². The van der Waals surface area contributed by atoms with Gasteiger partial charge in [0.15, 0.2) is 0 Å². The van der Waals surface area contributed by atoms with Gasteiger partial charge in [-0.2, -0.15) is 0 Å². The highest BCUT2D eigenvalue weighted by molar-refractivity contribution is 7.80. The van der Waals surface area contributed by atoms with Crippen LogP contribution in [0.3, 0.4) is 0 Å². The number of hydrogen-bond donors (Lipinski definition) is 3. The lowest BCUT2D eigenvalue weighted by molar-refractivity contribution is 0.212. The first kappa shape index (κ1) is 11.1. The summed E-state index contributed by atoms with van der Waals surface area (Å²) in [7, 11) is 0. The Kier molecular flexibility index (Phi) is 4.00. The van der Waals surface area contributed by atoms with Gasteiger partial charge in [0.2, 0.25) is 0 Å². The largest absolute Gasteiger partial charge is 0.391 e. The van der Waals surface area contributed by atoms with E-state index < -0.39 is 6.10 Å². The number of rotatable bonds is 4. The van der Waals surface area contributed by atoms with Crippen molar-refractivity contribution in [3.8, 4) is 0 Å². The van der Waals surface area contributed by atoms with Crippen LogP contribution >= 0.6 is 12.2 Å². The van der Waals surface area contributed by atoms with Crippen molar-refractivity contribution >= 4 is 17.2 Å². The molecule has 1 aromatic rings. The van der Waals surface area contributed by atoms with Crippen LogP contribution in [0.5, 0.6) is 0 Å². The minimum Gasteiger partial charge on any atom is -0.391 e. The predicted molar refractivity (Wildman–Crippen MR) is 61.0 cm³/mol. The molecule has 76 valence electrons. The maximum absolute atomic E-state index is 9.69. The van der Waals surface area contributed by atoms with Crippen molar-refractivity contribution in [2.45, 2.75) is 12.0 Å². The van der Waals surface area contributed by atoms with Crippen LogP contribution in [0.2, 0.25) is 0 Å². The van der Waals surface area contributed by atoms with Crippen LogP contribution in [0.15, 0.2) is 30.3 Å². The number of thiocarbonyl (C=S) groups is 1. The molecule has 0 aliphatic heterocycles. The van der Waals surface area contributed by atoms with Crippen molar-refractivity contribution in [1.29, 1.82) is 0 Å². The van der Waals surface area contributed by atoms with Gasteiger partial charge >= 0.3 is 0 Å². The van der Waals surface area contributed by atoms with Crippen LogP contribution < -0.4 is 11.5 Å². The van der Waals surface area contributed by atoms with Crippen LogP contribution in [-0.4, -0.2) is 22.7 Å². The molecule has 3 nitrogen and oxygen atoms in total. The smallest absolute Gasteiger partial charge is 0.112 e. The van der Waals surface area contributed by atoms with Gasteiger partial charge in [-0.05, 0) is 5.56 Å². The Morgan fingerprint density at radius 1 is 1.36 bits per heavy atom. The summed E-state index contributed by atoms with van der Waals surface area (Å²) >= 11 is 4.73. The molecule has 1 aromatic carbocycles. The minimum absolute atomic E-state index is 0.0873. The fourth-order valence-electron chi connectivity index (χ4n) is 1.35. The third-order valence-electron chi connectivity index (χ3n) is 2.15. The quantitative estimate of drug-likeness (QED) is 0.628. The molecular weight excluding hydrogens is 196 g/mol. The van der Waals surface area contributed by atoms with E-state index in [9.17, 15) is 5.11 Å². The summed E-state index contributed by atoms with van der Waals surface area (Å²) in [4.78, 5) is 0.0873. The molecular formula is C10H14N2OS. The first-order valence-corrected chi connectivity index (χ1v) is 4.80. The zero-order chi connectivity index (χ0) is 10.6. The van der Waals surface area contributed by atoms with Crippen LogP contribution in [0.25, 0.3) is 0 Å². The summed E-state index contributed by atoms with van der Waals surface area (Å²) in [5.74, 6) is -0.214. The molecule has 0 amide bonds. The van der Waals surface area contributed by atoms with Gasteiger partial charge in [-0.25, -0.2) is 0 Å². The second-order valence-electron chi connectivity index (χ2n) is 3.10. The molecule has 0 saturated heterocycles. The second-order valence-corrected chi connectivity index (χ2v) is 3.57. The number of aliphatic hydroxyl groups is 1. The van der Waals surface area contributed by atoms with Crippen LogP contribution in [-0.2, 0) is 0 Å². The Hall–Kier alpha value is -0.970. The fraction of sp³-hybridized carbons (Fsp3) is 0.300. The zero-order valence-electron chi connectivity index (χ0n) is 7.76. The molecule has 0 aliphatic rings. The van der Waals surface area contributed by atoms with E-state index in [1.165, 1.54) is 0 Å². The van der Waals surface area contributed by atoms with E-state index >= 15 is 0 Å². The molecule has 0 aromatic heterocycles. The van der Waals surface area contributed by atoms with Crippen molar-refractivity contribution < 1.29 is 5.11 Å². The monoisotopic (exact) mass is 210 g/mol. The van der Waals surface area contributed by atoms with Crippen molar-refractivity contribution in [2.24, 2.45) is 11.5 Å². The summed E-state index contributed by atoms with van der Waals surface area (Å²) in [5.41, 5.74) is 11.9. The van der Waals surface area contributed by atoms with Crippen molar-refractivity contribution in [2.75, 3.05) is 6.54 Å². The molecule has 2 atom stereocenters. The van der Waals surface area contributed by atoms with Crippen molar-refractivity contribution in [3.05, 3.63) is 35.9 Å². The van der Waals surface area contributed by atoms with Gasteiger partial charge in [0, 0.05) is 12.5 Å². The second kappa shape index (κ2) is 5.05. The molecule has 0 bridgehead atoms. The number of nitrogens with two attached hydrogens (primary N) is 2. The summed E-state index contributed by atoms with van der Waals surface area (Å²) < 4.78 is 0. The molecule has 14 heavy (non-hydrogen) atoms. The molecule has 5 N–H and O–H groups in total. The van der Waals surface area contributed by atoms with E-state index in [2.05, 4.69) is 0 Å². The Labute approximate surface area is 88.7 Å². The molecule has 0 saturated carbocycles. The van der Waals surface area contributed by atoms with Crippen molar-refractivity contribution in [3.63, 3.8) is 0 Å². The molecule has 4 heteroatoms. The summed E-state index contributed by atoms with van der Waals surface area (Å²) in [6, 6.07) is 9.50. The average Bonchev–Trinajstić information content (AvgIpc) is 2.20. The highest BCUT2D eigenvalue weighted by Crippen LogP contribution is 2.18. The highest BCUT2D eigenvalue weighted by atomic mass is 32.1. The van der Waals surface area contributed by atoms with Crippen LogP contribution in [0, 0.1) is 0 Å². The first-order chi connectivity index (χ1) is 6.66. The summed E-state index contributed by atoms with van der Waals surface area (Å²) in [6.07, 6.45) is -0.850. The van der Waals surface area contributed by atoms with E-state index in [4.69, 9.17) is 23.7 Å². The van der Waals surface area contributed by atoms with Gasteiger partial charge in [-0.1, -0.05) is 42.5 Å². The van der Waals surface area contributed by atoms with Gasteiger partial charge in [-0.15, -0.1) is 0 Å². The molecule has 0 radical (unpaired) electrons. The molecule has 2 unspecified atom stereocenters. The van der Waals surface area contributed by atoms with E-state index in [0.717, 1.165) is 5.56 Å². The lowest BCUT2D eigenvalue weighted by atomic mass is 9.93. The van der Waals surface area contributed by atoms with Gasteiger partial charge < -0.3 is 16.6 Å². The third-order valence-corrected chi connectivity index (χ3v) is 2.40. The van der Waals surface area contributed by atoms with Gasteiger partial charge in [0.25, 0.3) is 0 Å². The molecule has 0 aliphatic carbocycles. The van der Waals surface area contributed by atoms with E-state index in [-0.39, 0.29) is 10.9 Å². The van der Waals surface area contributed by atoms with Gasteiger partial charge in [0.1, 0.15) is 11.1 Å². The van der Waals surface area contributed by atoms with E-state index in [1.807, 2.05) is 30.3 Å². The Balaban J connectivity index is 2.87. The predicted octanol–water partition coefficient (Wildman–Crippen LogP) is 0.376. The first-order valence-electron chi connectivity index (χ1n) is 4.39. The Morgan fingerprint density at radius 3 is 2.36 bits per heavy atom. The van der Waals surface area contributed by atoms with Gasteiger partial charge in [-0.3, -0.25) is 0 Å². The van der Waals surface area contributed by atoms with Gasteiger partial charge in [0.05, 0.1) is 0 Å². The molecule has 1 rings (SSSR count). The minimum atomic E-state index is -0.850. The maximum atomic E-state index is 9.69.